The first-order chi connectivity index (χ1) is 13.0. The largest absolute Gasteiger partial charge is 0.353 e. The van der Waals surface area contributed by atoms with Crippen molar-refractivity contribution in [1.29, 1.82) is 0 Å². The Kier molecular flexibility index (Phi) is 6.13. The predicted octanol–water partition coefficient (Wildman–Crippen LogP) is 1.87. The lowest BCUT2D eigenvalue weighted by Crippen LogP contribution is -2.41. The van der Waals surface area contributed by atoms with Crippen molar-refractivity contribution in [3.8, 4) is 0 Å². The third kappa shape index (κ3) is 5.34. The number of amides is 2. The van der Waals surface area contributed by atoms with E-state index in [4.69, 9.17) is 0 Å². The maximum Gasteiger partial charge on any atom is 0.251 e. The van der Waals surface area contributed by atoms with Crippen LogP contribution < -0.4 is 10.6 Å². The zero-order valence-corrected chi connectivity index (χ0v) is 14.8. The number of rotatable bonds is 6. The van der Waals surface area contributed by atoms with Crippen LogP contribution in [0.25, 0.3) is 0 Å². The molecule has 142 valence electrons. The van der Waals surface area contributed by atoms with Gasteiger partial charge in [-0.05, 0) is 29.7 Å². The van der Waals surface area contributed by atoms with Crippen LogP contribution in [0.5, 0.6) is 0 Å². The van der Waals surface area contributed by atoms with Gasteiger partial charge >= 0.3 is 0 Å². The van der Waals surface area contributed by atoms with Crippen LogP contribution in [0.4, 0.5) is 8.78 Å². The summed E-state index contributed by atoms with van der Waals surface area (Å²) in [4.78, 5) is 26.0. The van der Waals surface area contributed by atoms with Crippen molar-refractivity contribution in [1.82, 2.24) is 15.5 Å². The molecule has 0 unspecified atom stereocenters. The van der Waals surface area contributed by atoms with Crippen molar-refractivity contribution in [2.45, 2.75) is 13.0 Å². The smallest absolute Gasteiger partial charge is 0.251 e. The number of fused-ring (bicyclic) bond motifs is 1. The summed E-state index contributed by atoms with van der Waals surface area (Å²) in [5.74, 6) is -2.73. The molecule has 1 heterocycles. The van der Waals surface area contributed by atoms with E-state index in [9.17, 15) is 18.4 Å². The Morgan fingerprint density at radius 3 is 2.44 bits per heavy atom. The van der Waals surface area contributed by atoms with E-state index in [0.717, 1.165) is 31.6 Å². The number of nitrogens with one attached hydrogen (secondary N) is 2. The number of hydrogen-bond acceptors (Lipinski definition) is 3. The highest BCUT2D eigenvalue weighted by Gasteiger charge is 2.15. The van der Waals surface area contributed by atoms with Gasteiger partial charge in [-0.15, -0.1) is 0 Å². The Bertz CT molecular complexity index is 821. The van der Waals surface area contributed by atoms with E-state index >= 15 is 0 Å². The van der Waals surface area contributed by atoms with E-state index in [2.05, 4.69) is 27.7 Å². The SMILES string of the molecule is O=C(CNC(=O)c1cc(F)cc(F)c1)NCCN1CCc2ccccc2C1. The maximum atomic E-state index is 13.1. The molecule has 2 amide bonds. The molecule has 27 heavy (non-hydrogen) atoms. The Labute approximate surface area is 156 Å². The second kappa shape index (κ2) is 8.73. The zero-order valence-electron chi connectivity index (χ0n) is 14.8. The van der Waals surface area contributed by atoms with Gasteiger partial charge in [-0.1, -0.05) is 24.3 Å². The highest BCUT2D eigenvalue weighted by atomic mass is 19.1. The standard InChI is InChI=1S/C20H21F2N3O2/c21-17-9-16(10-18(22)11-17)20(27)24-12-19(26)23-6-8-25-7-5-14-3-1-2-4-15(14)13-25/h1-4,9-11H,5-8,12-13H2,(H,23,26)(H,24,27). The highest BCUT2D eigenvalue weighted by Crippen LogP contribution is 2.17. The molecule has 0 saturated heterocycles. The number of carbonyl (C=O) groups excluding carboxylic acids is 2. The van der Waals surface area contributed by atoms with Crippen molar-refractivity contribution in [2.24, 2.45) is 0 Å². The molecule has 0 fully saturated rings. The minimum Gasteiger partial charge on any atom is -0.353 e. The summed E-state index contributed by atoms with van der Waals surface area (Å²) >= 11 is 0. The van der Waals surface area contributed by atoms with Crippen molar-refractivity contribution in [3.05, 3.63) is 70.8 Å². The van der Waals surface area contributed by atoms with Gasteiger partial charge in [0.2, 0.25) is 5.91 Å². The van der Waals surface area contributed by atoms with E-state index in [-0.39, 0.29) is 18.0 Å². The van der Waals surface area contributed by atoms with Crippen LogP contribution in [-0.2, 0) is 17.8 Å². The monoisotopic (exact) mass is 373 g/mol. The van der Waals surface area contributed by atoms with Gasteiger partial charge in [0.25, 0.3) is 5.91 Å². The molecule has 2 aromatic rings. The molecule has 0 aromatic heterocycles. The van der Waals surface area contributed by atoms with E-state index in [1.165, 1.54) is 11.1 Å². The maximum absolute atomic E-state index is 13.1. The first kappa shape index (κ1) is 19.0. The second-order valence-electron chi connectivity index (χ2n) is 6.49. The molecule has 5 nitrogen and oxygen atoms in total. The lowest BCUT2D eigenvalue weighted by molar-refractivity contribution is -0.120. The van der Waals surface area contributed by atoms with Gasteiger partial charge in [0, 0.05) is 37.8 Å². The third-order valence-corrected chi connectivity index (χ3v) is 4.49. The summed E-state index contributed by atoms with van der Waals surface area (Å²) < 4.78 is 26.2. The average Bonchev–Trinajstić information content (AvgIpc) is 2.65. The van der Waals surface area contributed by atoms with E-state index in [1.807, 2.05) is 12.1 Å². The average molecular weight is 373 g/mol. The molecule has 2 N–H and O–H groups in total. The molecule has 2 aromatic carbocycles. The highest BCUT2D eigenvalue weighted by molar-refractivity contribution is 5.96. The van der Waals surface area contributed by atoms with Crippen molar-refractivity contribution in [3.63, 3.8) is 0 Å². The van der Waals surface area contributed by atoms with E-state index in [0.29, 0.717) is 19.2 Å². The lowest BCUT2D eigenvalue weighted by Gasteiger charge is -2.28. The minimum atomic E-state index is -0.840. The number of halogens is 2. The number of hydrogen-bond donors (Lipinski definition) is 2. The van der Waals surface area contributed by atoms with Gasteiger partial charge in [0.1, 0.15) is 11.6 Å². The fraction of sp³-hybridized carbons (Fsp3) is 0.300. The molecule has 7 heteroatoms. The summed E-state index contributed by atoms with van der Waals surface area (Å²) in [6.07, 6.45) is 0.990. The molecule has 0 spiro atoms. The van der Waals surface area contributed by atoms with Gasteiger partial charge in [-0.25, -0.2) is 8.78 Å². The van der Waals surface area contributed by atoms with Gasteiger partial charge in [0.15, 0.2) is 0 Å². The summed E-state index contributed by atoms with van der Waals surface area (Å²) in [6.45, 7) is 2.72. The number of carbonyl (C=O) groups is 2. The fourth-order valence-corrected chi connectivity index (χ4v) is 3.11. The zero-order chi connectivity index (χ0) is 19.2. The molecule has 0 atom stereocenters. The molecule has 0 bridgehead atoms. The van der Waals surface area contributed by atoms with Gasteiger partial charge in [-0.3, -0.25) is 14.5 Å². The van der Waals surface area contributed by atoms with E-state index in [1.54, 1.807) is 0 Å². The summed E-state index contributed by atoms with van der Waals surface area (Å²) in [5, 5.41) is 5.10. The Morgan fingerprint density at radius 1 is 1.00 bits per heavy atom. The molecular formula is C20H21F2N3O2. The van der Waals surface area contributed by atoms with Crippen molar-refractivity contribution in [2.75, 3.05) is 26.2 Å². The Hall–Kier alpha value is -2.80. The molecule has 3 rings (SSSR count). The summed E-state index contributed by atoms with van der Waals surface area (Å²) in [5.41, 5.74) is 2.52. The van der Waals surface area contributed by atoms with Crippen LogP contribution in [0, 0.1) is 11.6 Å². The number of benzene rings is 2. The predicted molar refractivity (Wildman–Crippen MR) is 97.1 cm³/mol. The van der Waals surface area contributed by atoms with Crippen LogP contribution >= 0.6 is 0 Å². The number of nitrogens with zero attached hydrogens (tertiary/aromatic N) is 1. The lowest BCUT2D eigenvalue weighted by atomic mass is 10.00. The topological polar surface area (TPSA) is 61.4 Å². The first-order valence-corrected chi connectivity index (χ1v) is 8.81. The van der Waals surface area contributed by atoms with Crippen molar-refractivity contribution < 1.29 is 18.4 Å². The van der Waals surface area contributed by atoms with E-state index < -0.39 is 17.5 Å². The summed E-state index contributed by atoms with van der Waals surface area (Å²) in [6, 6.07) is 10.8. The molecule has 1 aliphatic heterocycles. The third-order valence-electron chi connectivity index (χ3n) is 4.49. The van der Waals surface area contributed by atoms with Gasteiger partial charge in [-0.2, -0.15) is 0 Å². The molecule has 0 saturated carbocycles. The minimum absolute atomic E-state index is 0.160. The quantitative estimate of drug-likeness (QED) is 0.813. The Morgan fingerprint density at radius 2 is 1.70 bits per heavy atom. The van der Waals surface area contributed by atoms with Crippen LogP contribution in [0.3, 0.4) is 0 Å². The van der Waals surface area contributed by atoms with Crippen LogP contribution in [0.2, 0.25) is 0 Å². The van der Waals surface area contributed by atoms with Crippen molar-refractivity contribution >= 4 is 11.8 Å². The second-order valence-corrected chi connectivity index (χ2v) is 6.49. The van der Waals surface area contributed by atoms with Gasteiger partial charge in [0.05, 0.1) is 6.54 Å². The van der Waals surface area contributed by atoms with Crippen LogP contribution in [0.1, 0.15) is 21.5 Å². The Balaban J connectivity index is 1.38. The normalized spacial score (nSPS) is 13.7. The molecule has 1 aliphatic rings. The fourth-order valence-electron chi connectivity index (χ4n) is 3.11. The first-order valence-electron chi connectivity index (χ1n) is 8.81. The van der Waals surface area contributed by atoms with Crippen LogP contribution in [-0.4, -0.2) is 42.9 Å². The molecule has 0 radical (unpaired) electrons. The summed E-state index contributed by atoms with van der Waals surface area (Å²) in [7, 11) is 0. The van der Waals surface area contributed by atoms with Crippen LogP contribution in [0.15, 0.2) is 42.5 Å². The molecular weight excluding hydrogens is 352 g/mol. The molecule has 0 aliphatic carbocycles. The van der Waals surface area contributed by atoms with Gasteiger partial charge < -0.3 is 10.6 Å².